The molecule has 10 heteroatoms. The number of rotatable bonds is 5. The van der Waals surface area contributed by atoms with Crippen molar-refractivity contribution in [2.75, 3.05) is 31.1 Å². The number of sulfonamides is 1. The van der Waals surface area contributed by atoms with Crippen LogP contribution in [0.25, 0.3) is 11.8 Å². The number of para-hydroxylation sites is 1. The van der Waals surface area contributed by atoms with Gasteiger partial charge in [0, 0.05) is 36.6 Å². The maximum Gasteiger partial charge on any atom is 0.292 e. The number of nitrogens with zero attached hydrogens (tertiary/aromatic N) is 4. The van der Waals surface area contributed by atoms with Gasteiger partial charge < -0.3 is 4.90 Å². The van der Waals surface area contributed by atoms with Crippen molar-refractivity contribution < 1.29 is 8.42 Å². The average Bonchev–Trinajstić information content (AvgIpc) is 2.81. The molecule has 7 nitrogen and oxygen atoms in total. The van der Waals surface area contributed by atoms with Crippen LogP contribution < -0.4 is 10.5 Å². The van der Waals surface area contributed by atoms with Gasteiger partial charge in [0.15, 0.2) is 0 Å². The largest absolute Gasteiger partial charge is 0.366 e. The molecule has 1 aliphatic heterocycles. The van der Waals surface area contributed by atoms with E-state index >= 15 is 0 Å². The van der Waals surface area contributed by atoms with Gasteiger partial charge in [-0.15, -0.1) is 0 Å². The Morgan fingerprint density at radius 2 is 1.56 bits per heavy atom. The van der Waals surface area contributed by atoms with Crippen LogP contribution in [0.4, 0.5) is 5.69 Å². The number of hydrogen-bond donors (Lipinski definition) is 0. The van der Waals surface area contributed by atoms with Crippen molar-refractivity contribution in [3.8, 4) is 5.69 Å². The Balaban J connectivity index is 1.46. The first-order valence-electron chi connectivity index (χ1n) is 9.87. The van der Waals surface area contributed by atoms with Crippen molar-refractivity contribution in [1.82, 2.24) is 14.1 Å². The molecule has 0 unspecified atom stereocenters. The van der Waals surface area contributed by atoms with Gasteiger partial charge in [-0.25, -0.2) is 8.42 Å². The fourth-order valence-electron chi connectivity index (χ4n) is 3.41. The Hall–Kier alpha value is -2.65. The number of anilines is 1. The van der Waals surface area contributed by atoms with E-state index < -0.39 is 15.6 Å². The van der Waals surface area contributed by atoms with Crippen molar-refractivity contribution in [2.45, 2.75) is 0 Å². The monoisotopic (exact) mass is 490 g/mol. The second kappa shape index (κ2) is 9.46. The molecule has 0 aliphatic carbocycles. The summed E-state index contributed by atoms with van der Waals surface area (Å²) in [5, 5.41) is 6.09. The van der Waals surface area contributed by atoms with Crippen molar-refractivity contribution in [2.24, 2.45) is 0 Å². The van der Waals surface area contributed by atoms with Gasteiger partial charge in [-0.05, 0) is 35.9 Å². The second-order valence-corrected chi connectivity index (χ2v) is 9.81. The van der Waals surface area contributed by atoms with Gasteiger partial charge in [-0.3, -0.25) is 4.79 Å². The molecule has 1 saturated heterocycles. The zero-order valence-corrected chi connectivity index (χ0v) is 19.3. The van der Waals surface area contributed by atoms with E-state index in [0.717, 1.165) is 5.56 Å². The molecule has 0 bridgehead atoms. The lowest BCUT2D eigenvalue weighted by atomic mass is 10.2. The van der Waals surface area contributed by atoms with E-state index in [-0.39, 0.29) is 18.1 Å². The first-order valence-corrected chi connectivity index (χ1v) is 12.1. The zero-order valence-electron chi connectivity index (χ0n) is 16.9. The Bertz CT molecular complexity index is 1290. The number of halogens is 2. The minimum absolute atomic E-state index is 0.0581. The van der Waals surface area contributed by atoms with Crippen LogP contribution in [0.2, 0.25) is 10.0 Å². The summed E-state index contributed by atoms with van der Waals surface area (Å²) in [4.78, 5) is 14.6. The summed E-state index contributed by atoms with van der Waals surface area (Å²) in [5.41, 5.74) is 1.44. The Morgan fingerprint density at radius 3 is 2.22 bits per heavy atom. The first kappa shape index (κ1) is 22.5. The van der Waals surface area contributed by atoms with Crippen molar-refractivity contribution in [1.29, 1.82) is 0 Å². The number of piperazine rings is 1. The summed E-state index contributed by atoms with van der Waals surface area (Å²) in [6.45, 7) is 1.32. The van der Waals surface area contributed by atoms with Crippen LogP contribution in [-0.4, -0.2) is 48.7 Å². The van der Waals surface area contributed by atoms with Crippen LogP contribution in [0.3, 0.4) is 0 Å². The van der Waals surface area contributed by atoms with E-state index in [2.05, 4.69) is 5.10 Å². The maximum atomic E-state index is 12.7. The minimum atomic E-state index is -3.58. The number of benzene rings is 2. The summed E-state index contributed by atoms with van der Waals surface area (Å²) in [5.74, 6) is 0. The Kier molecular flexibility index (Phi) is 6.66. The average molecular weight is 491 g/mol. The SMILES string of the molecule is O=c1c(Cl)c(N2CCN(S(=O)(=O)/C=C/c3ccc(Cl)cc3)CC2)cnn1-c1ccccc1. The highest BCUT2D eigenvalue weighted by Gasteiger charge is 2.27. The summed E-state index contributed by atoms with van der Waals surface area (Å²) in [6.07, 6.45) is 3.09. The molecule has 1 aromatic heterocycles. The van der Waals surface area contributed by atoms with Crippen molar-refractivity contribution >= 4 is 45.0 Å². The molecule has 1 aliphatic rings. The van der Waals surface area contributed by atoms with Crippen LogP contribution in [0.1, 0.15) is 5.56 Å². The topological polar surface area (TPSA) is 75.5 Å². The van der Waals surface area contributed by atoms with E-state index in [1.165, 1.54) is 14.4 Å². The molecule has 4 rings (SSSR count). The third kappa shape index (κ3) is 4.88. The van der Waals surface area contributed by atoms with Crippen LogP contribution in [0, 0.1) is 0 Å². The lowest BCUT2D eigenvalue weighted by Gasteiger charge is -2.34. The molecule has 0 amide bonds. The van der Waals surface area contributed by atoms with E-state index in [9.17, 15) is 13.2 Å². The molecule has 2 heterocycles. The molecule has 2 aromatic carbocycles. The maximum absolute atomic E-state index is 12.7. The van der Waals surface area contributed by atoms with Gasteiger partial charge in [-0.2, -0.15) is 14.1 Å². The van der Waals surface area contributed by atoms with E-state index in [4.69, 9.17) is 23.2 Å². The summed E-state index contributed by atoms with van der Waals surface area (Å²) >= 11 is 12.2. The minimum Gasteiger partial charge on any atom is -0.366 e. The molecule has 166 valence electrons. The lowest BCUT2D eigenvalue weighted by Crippen LogP contribution is -2.48. The van der Waals surface area contributed by atoms with E-state index in [0.29, 0.717) is 29.5 Å². The zero-order chi connectivity index (χ0) is 22.7. The predicted octanol–water partition coefficient (Wildman–Crippen LogP) is 3.66. The number of hydrogen-bond acceptors (Lipinski definition) is 5. The van der Waals surface area contributed by atoms with Crippen LogP contribution in [-0.2, 0) is 10.0 Å². The van der Waals surface area contributed by atoms with Crippen LogP contribution in [0.5, 0.6) is 0 Å². The molecule has 3 aromatic rings. The number of aromatic nitrogens is 2. The molecule has 0 spiro atoms. The van der Waals surface area contributed by atoms with Gasteiger partial charge in [0.25, 0.3) is 5.56 Å². The molecule has 1 fully saturated rings. The smallest absolute Gasteiger partial charge is 0.292 e. The van der Waals surface area contributed by atoms with Gasteiger partial charge >= 0.3 is 0 Å². The van der Waals surface area contributed by atoms with Gasteiger partial charge in [0.05, 0.1) is 17.6 Å². The molecular formula is C22H20Cl2N4O3S. The van der Waals surface area contributed by atoms with E-state index in [1.807, 2.05) is 23.1 Å². The van der Waals surface area contributed by atoms with Crippen molar-refractivity contribution in [3.05, 3.63) is 92.2 Å². The first-order chi connectivity index (χ1) is 15.3. The second-order valence-electron chi connectivity index (χ2n) is 7.18. The molecule has 0 atom stereocenters. The predicted molar refractivity (Wildman–Crippen MR) is 128 cm³/mol. The molecule has 32 heavy (non-hydrogen) atoms. The molecule has 0 radical (unpaired) electrons. The summed E-state index contributed by atoms with van der Waals surface area (Å²) in [6, 6.07) is 15.9. The molecule has 0 saturated carbocycles. The Morgan fingerprint density at radius 1 is 0.906 bits per heavy atom. The van der Waals surface area contributed by atoms with Crippen molar-refractivity contribution in [3.63, 3.8) is 0 Å². The quantitative estimate of drug-likeness (QED) is 0.545. The third-order valence-corrected chi connectivity index (χ3v) is 7.32. The molecular weight excluding hydrogens is 471 g/mol. The fourth-order valence-corrected chi connectivity index (χ4v) is 4.95. The highest BCUT2D eigenvalue weighted by atomic mass is 35.5. The standard InChI is InChI=1S/C22H20Cl2N4O3S/c23-18-8-6-17(7-9-18)10-15-32(30,31)27-13-11-26(12-14-27)20-16-25-28(22(29)21(20)24)19-4-2-1-3-5-19/h1-10,15-16H,11-14H2/b15-10+. The summed E-state index contributed by atoms with van der Waals surface area (Å²) < 4.78 is 28.0. The van der Waals surface area contributed by atoms with Crippen LogP contribution >= 0.6 is 23.2 Å². The highest BCUT2D eigenvalue weighted by Crippen LogP contribution is 2.24. The normalized spacial score (nSPS) is 15.4. The van der Waals surface area contributed by atoms with E-state index in [1.54, 1.807) is 48.7 Å². The summed E-state index contributed by atoms with van der Waals surface area (Å²) in [7, 11) is -3.58. The highest BCUT2D eigenvalue weighted by molar-refractivity contribution is 7.92. The van der Waals surface area contributed by atoms with Gasteiger partial charge in [0.2, 0.25) is 10.0 Å². The van der Waals surface area contributed by atoms with Gasteiger partial charge in [0.1, 0.15) is 5.02 Å². The molecule has 0 N–H and O–H groups in total. The van der Waals surface area contributed by atoms with Gasteiger partial charge in [-0.1, -0.05) is 53.5 Å². The third-order valence-electron chi connectivity index (χ3n) is 5.14. The fraction of sp³-hybridized carbons (Fsp3) is 0.182. The Labute approximate surface area is 196 Å². The lowest BCUT2D eigenvalue weighted by molar-refractivity contribution is 0.389. The van der Waals surface area contributed by atoms with Crippen LogP contribution in [0.15, 0.2) is 71.0 Å².